The Kier molecular flexibility index (Phi) is 6.95. The normalized spacial score (nSPS) is 21.0. The molecule has 186 valence electrons. The van der Waals surface area contributed by atoms with Gasteiger partial charge in [-0.25, -0.2) is 5.06 Å². The third kappa shape index (κ3) is 4.95. The second-order valence-electron chi connectivity index (χ2n) is 8.88. The number of rotatable bonds is 7. The van der Waals surface area contributed by atoms with Gasteiger partial charge in [-0.2, -0.15) is 5.26 Å². The van der Waals surface area contributed by atoms with Gasteiger partial charge in [0.25, 0.3) is 11.8 Å². The molecule has 0 spiro atoms. The van der Waals surface area contributed by atoms with Crippen molar-refractivity contribution in [1.29, 1.82) is 5.26 Å². The lowest BCUT2D eigenvalue weighted by atomic mass is 10.0. The molecule has 10 heteroatoms. The Balaban J connectivity index is 1.22. The molecule has 36 heavy (non-hydrogen) atoms. The van der Waals surface area contributed by atoms with Gasteiger partial charge in [-0.05, 0) is 29.7 Å². The fourth-order valence-corrected chi connectivity index (χ4v) is 4.59. The van der Waals surface area contributed by atoms with Gasteiger partial charge < -0.3 is 9.47 Å². The Morgan fingerprint density at radius 3 is 2.61 bits per heavy atom. The number of imide groups is 1. The predicted octanol–water partition coefficient (Wildman–Crippen LogP) is 1.86. The first-order chi connectivity index (χ1) is 17.5. The molecule has 0 saturated carbocycles. The molecule has 5 rings (SSSR count). The average molecular weight is 491 g/mol. The summed E-state index contributed by atoms with van der Waals surface area (Å²) in [5.74, 6) is -0.677. The molecule has 2 aromatic carbocycles. The van der Waals surface area contributed by atoms with Crippen LogP contribution in [0.2, 0.25) is 0 Å². The van der Waals surface area contributed by atoms with E-state index >= 15 is 0 Å². The lowest BCUT2D eigenvalue weighted by molar-refractivity contribution is -0.183. The molecule has 3 aliphatic heterocycles. The number of benzene rings is 2. The molecule has 3 aliphatic rings. The van der Waals surface area contributed by atoms with Crippen LogP contribution in [0, 0.1) is 11.3 Å². The van der Waals surface area contributed by atoms with Crippen LogP contribution >= 0.6 is 0 Å². The maximum absolute atomic E-state index is 12.8. The largest absolute Gasteiger partial charge is 0.489 e. The molecular weight excluding hydrogens is 464 g/mol. The van der Waals surface area contributed by atoms with Crippen molar-refractivity contribution in [3.63, 3.8) is 0 Å². The number of hydrogen-bond donors (Lipinski definition) is 1. The molecule has 2 unspecified atom stereocenters. The van der Waals surface area contributed by atoms with Crippen molar-refractivity contribution in [2.75, 3.05) is 26.3 Å². The van der Waals surface area contributed by atoms with Crippen LogP contribution in [0.15, 0.2) is 42.5 Å². The number of nitriles is 1. The molecule has 2 fully saturated rings. The fourth-order valence-electron chi connectivity index (χ4n) is 4.59. The van der Waals surface area contributed by atoms with Crippen LogP contribution in [-0.2, 0) is 32.3 Å². The van der Waals surface area contributed by atoms with E-state index in [1.807, 2.05) is 24.3 Å². The van der Waals surface area contributed by atoms with E-state index in [4.69, 9.17) is 14.3 Å². The number of nitrogens with zero attached hydrogens (tertiary/aromatic N) is 3. The zero-order valence-corrected chi connectivity index (χ0v) is 19.6. The number of hydrogen-bond acceptors (Lipinski definition) is 8. The quantitative estimate of drug-likeness (QED) is 0.584. The van der Waals surface area contributed by atoms with Gasteiger partial charge in [-0.3, -0.25) is 29.4 Å². The summed E-state index contributed by atoms with van der Waals surface area (Å²) in [5, 5.41) is 13.1. The van der Waals surface area contributed by atoms with E-state index in [2.05, 4.69) is 16.3 Å². The van der Waals surface area contributed by atoms with E-state index in [1.54, 1.807) is 18.2 Å². The number of morpholine rings is 1. The Morgan fingerprint density at radius 1 is 1.11 bits per heavy atom. The van der Waals surface area contributed by atoms with Crippen LogP contribution in [0.3, 0.4) is 0 Å². The summed E-state index contributed by atoms with van der Waals surface area (Å²) in [6.07, 6.45) is -0.499. The van der Waals surface area contributed by atoms with E-state index in [1.165, 1.54) is 0 Å². The highest BCUT2D eigenvalue weighted by Crippen LogP contribution is 2.32. The predicted molar refractivity (Wildman–Crippen MR) is 125 cm³/mol. The highest BCUT2D eigenvalue weighted by atomic mass is 16.7. The molecular formula is C26H26N4O6. The lowest BCUT2D eigenvalue weighted by Gasteiger charge is -2.30. The van der Waals surface area contributed by atoms with E-state index in [-0.39, 0.29) is 43.8 Å². The summed E-state index contributed by atoms with van der Waals surface area (Å²) >= 11 is 0. The molecule has 1 N–H and O–H groups in total. The topological polar surface area (TPSA) is 121 Å². The van der Waals surface area contributed by atoms with Crippen LogP contribution in [0.4, 0.5) is 0 Å². The fraction of sp³-hybridized carbons (Fsp3) is 0.385. The van der Waals surface area contributed by atoms with E-state index in [0.29, 0.717) is 30.1 Å². The maximum Gasteiger partial charge on any atom is 0.278 e. The second kappa shape index (κ2) is 10.5. The van der Waals surface area contributed by atoms with Crippen molar-refractivity contribution in [3.8, 4) is 11.8 Å². The molecule has 0 bridgehead atoms. The van der Waals surface area contributed by atoms with Gasteiger partial charge in [0.1, 0.15) is 18.4 Å². The Labute approximate surface area is 208 Å². The number of hydroxylamine groups is 2. The third-order valence-electron chi connectivity index (χ3n) is 6.56. The first kappa shape index (κ1) is 23.9. The van der Waals surface area contributed by atoms with Crippen molar-refractivity contribution < 1.29 is 28.7 Å². The van der Waals surface area contributed by atoms with E-state index in [9.17, 15) is 19.6 Å². The average Bonchev–Trinajstić information content (AvgIpc) is 3.22. The lowest BCUT2D eigenvalue weighted by Crippen LogP contribution is -2.47. The third-order valence-corrected chi connectivity index (χ3v) is 6.56. The molecule has 2 saturated heterocycles. The number of ether oxygens (including phenoxy) is 2. The van der Waals surface area contributed by atoms with Crippen molar-refractivity contribution in [3.05, 3.63) is 64.7 Å². The van der Waals surface area contributed by atoms with Gasteiger partial charge in [-0.1, -0.05) is 30.3 Å². The summed E-state index contributed by atoms with van der Waals surface area (Å²) in [6, 6.07) is 15.1. The van der Waals surface area contributed by atoms with Crippen LogP contribution in [0.1, 0.15) is 45.9 Å². The number of carbonyl (C=O) groups is 3. The van der Waals surface area contributed by atoms with Crippen molar-refractivity contribution in [2.24, 2.45) is 0 Å². The summed E-state index contributed by atoms with van der Waals surface area (Å²) in [4.78, 5) is 44.0. The highest BCUT2D eigenvalue weighted by molar-refractivity contribution is 6.00. The minimum atomic E-state index is -0.890. The Morgan fingerprint density at radius 2 is 1.89 bits per heavy atom. The van der Waals surface area contributed by atoms with Crippen molar-refractivity contribution in [2.45, 2.75) is 38.1 Å². The van der Waals surface area contributed by atoms with Crippen LogP contribution in [0.5, 0.6) is 5.75 Å². The first-order valence-corrected chi connectivity index (χ1v) is 11.9. The molecule has 0 aliphatic carbocycles. The number of fused-ring (bicyclic) bond motifs is 1. The van der Waals surface area contributed by atoms with E-state index < -0.39 is 12.0 Å². The standard InChI is InChI=1S/C26H26N4O6/c27-14-21(29-10-12-34-13-11-29)18-6-4-17(5-7-18)16-35-22-3-1-2-19-20(22)15-30(26(19)33)36-23-8-9-24(31)28-25(23)32/h1-7,21,23H,8-13,15-16H2,(H,28,31,32). The van der Waals surface area contributed by atoms with E-state index in [0.717, 1.165) is 29.3 Å². The minimum absolute atomic E-state index is 0.143. The Bertz CT molecular complexity index is 1200. The summed E-state index contributed by atoms with van der Waals surface area (Å²) in [7, 11) is 0. The molecule has 0 aromatic heterocycles. The number of nitrogens with one attached hydrogen (secondary N) is 1. The van der Waals surface area contributed by atoms with Crippen LogP contribution in [-0.4, -0.2) is 60.1 Å². The zero-order valence-electron chi connectivity index (χ0n) is 19.6. The second-order valence-corrected chi connectivity index (χ2v) is 8.88. The smallest absolute Gasteiger partial charge is 0.278 e. The SMILES string of the molecule is N#CC(c1ccc(COc2cccc3c2CN(OC2CCC(=O)NC2=O)C3=O)cc1)N1CCOCC1. The number of carbonyl (C=O) groups excluding carboxylic acids is 3. The first-order valence-electron chi connectivity index (χ1n) is 11.9. The number of piperidine rings is 1. The highest BCUT2D eigenvalue weighted by Gasteiger charge is 2.36. The zero-order chi connectivity index (χ0) is 25.1. The minimum Gasteiger partial charge on any atom is -0.489 e. The van der Waals surface area contributed by atoms with Crippen LogP contribution < -0.4 is 10.1 Å². The summed E-state index contributed by atoms with van der Waals surface area (Å²) in [5.41, 5.74) is 2.99. The summed E-state index contributed by atoms with van der Waals surface area (Å²) in [6.45, 7) is 3.14. The molecule has 3 heterocycles. The van der Waals surface area contributed by atoms with Gasteiger partial charge in [0.15, 0.2) is 6.10 Å². The van der Waals surface area contributed by atoms with Crippen molar-refractivity contribution in [1.82, 2.24) is 15.3 Å². The van der Waals surface area contributed by atoms with Gasteiger partial charge in [0.05, 0.1) is 31.4 Å². The molecule has 2 aromatic rings. The van der Waals surface area contributed by atoms with Gasteiger partial charge in [0.2, 0.25) is 5.91 Å². The molecule has 2 atom stereocenters. The maximum atomic E-state index is 12.8. The summed E-state index contributed by atoms with van der Waals surface area (Å²) < 4.78 is 11.4. The van der Waals surface area contributed by atoms with Gasteiger partial charge >= 0.3 is 0 Å². The van der Waals surface area contributed by atoms with Crippen LogP contribution in [0.25, 0.3) is 0 Å². The van der Waals surface area contributed by atoms with Crippen molar-refractivity contribution >= 4 is 17.7 Å². The van der Waals surface area contributed by atoms with Gasteiger partial charge in [-0.15, -0.1) is 0 Å². The number of amides is 3. The molecule has 10 nitrogen and oxygen atoms in total. The monoisotopic (exact) mass is 490 g/mol. The Hall–Kier alpha value is -3.78. The molecule has 3 amide bonds. The van der Waals surface area contributed by atoms with Gasteiger partial charge in [0, 0.05) is 25.1 Å². The molecule has 0 radical (unpaired) electrons.